The van der Waals surface area contributed by atoms with E-state index < -0.39 is 4.83 Å². The predicted molar refractivity (Wildman–Crippen MR) is 53.9 cm³/mol. The Morgan fingerprint density at radius 3 is 3.08 bits per heavy atom. The number of carbonyl (C=O) groups is 2. The first-order valence-corrected chi connectivity index (χ1v) is 5.81. The van der Waals surface area contributed by atoms with Gasteiger partial charge in [0.05, 0.1) is 0 Å². The number of nitrogens with zero attached hydrogens (tertiary/aromatic N) is 2. The highest BCUT2D eigenvalue weighted by atomic mass is 79.9. The molecule has 0 spiro atoms. The molecule has 2 rings (SSSR count). The molecule has 70 valence electrons. The van der Waals surface area contributed by atoms with E-state index in [2.05, 4.69) is 20.9 Å². The molecule has 6 heteroatoms. The van der Waals surface area contributed by atoms with Crippen LogP contribution in [0.15, 0.2) is 4.99 Å². The van der Waals surface area contributed by atoms with Crippen LogP contribution in [0, 0.1) is 0 Å². The van der Waals surface area contributed by atoms with Crippen LogP contribution in [-0.2, 0) is 9.59 Å². The number of amidine groups is 1. The van der Waals surface area contributed by atoms with Crippen LogP contribution in [0.25, 0.3) is 0 Å². The van der Waals surface area contributed by atoms with Gasteiger partial charge in [0, 0.05) is 12.3 Å². The molecule has 1 atom stereocenters. The summed E-state index contributed by atoms with van der Waals surface area (Å²) in [6.07, 6.45) is 0.962. The van der Waals surface area contributed by atoms with Crippen LogP contribution < -0.4 is 0 Å². The second-order valence-electron chi connectivity index (χ2n) is 2.79. The van der Waals surface area contributed by atoms with Gasteiger partial charge in [-0.3, -0.25) is 14.5 Å². The van der Waals surface area contributed by atoms with Crippen LogP contribution in [0.4, 0.5) is 0 Å². The molecule has 0 saturated carbocycles. The highest BCUT2D eigenvalue weighted by Gasteiger charge is 2.37. The fourth-order valence-corrected chi connectivity index (χ4v) is 2.55. The second-order valence-corrected chi connectivity index (χ2v) is 4.76. The number of carbonyl (C=O) groups excluding carboxylic acids is 2. The Morgan fingerprint density at radius 1 is 1.54 bits per heavy atom. The lowest BCUT2D eigenvalue weighted by molar-refractivity contribution is -0.132. The van der Waals surface area contributed by atoms with E-state index in [1.165, 1.54) is 11.8 Å². The zero-order chi connectivity index (χ0) is 9.42. The van der Waals surface area contributed by atoms with E-state index in [1.54, 1.807) is 4.90 Å². The van der Waals surface area contributed by atoms with E-state index in [0.29, 0.717) is 11.7 Å². The van der Waals surface area contributed by atoms with Gasteiger partial charge in [-0.1, -0.05) is 27.7 Å². The first-order chi connectivity index (χ1) is 6.20. The molecule has 0 N–H and O–H groups in total. The van der Waals surface area contributed by atoms with Crippen LogP contribution in [0.5, 0.6) is 0 Å². The molecule has 1 unspecified atom stereocenters. The smallest absolute Gasteiger partial charge is 0.271 e. The molecule has 2 amide bonds. The van der Waals surface area contributed by atoms with Gasteiger partial charge in [-0.2, -0.15) is 4.99 Å². The van der Waals surface area contributed by atoms with E-state index in [4.69, 9.17) is 0 Å². The Morgan fingerprint density at radius 2 is 2.31 bits per heavy atom. The van der Waals surface area contributed by atoms with E-state index in [9.17, 15) is 9.59 Å². The minimum Gasteiger partial charge on any atom is -0.290 e. The van der Waals surface area contributed by atoms with E-state index >= 15 is 0 Å². The van der Waals surface area contributed by atoms with Gasteiger partial charge in [-0.15, -0.1) is 0 Å². The van der Waals surface area contributed by atoms with Crippen molar-refractivity contribution in [1.29, 1.82) is 0 Å². The van der Waals surface area contributed by atoms with Crippen LogP contribution in [0.1, 0.15) is 6.42 Å². The number of hydrogen-bond donors (Lipinski definition) is 0. The van der Waals surface area contributed by atoms with Crippen molar-refractivity contribution in [3.63, 3.8) is 0 Å². The molecule has 0 bridgehead atoms. The summed E-state index contributed by atoms with van der Waals surface area (Å²) in [5.41, 5.74) is 0. The molecule has 2 heterocycles. The molecule has 2 aliphatic heterocycles. The fourth-order valence-electron chi connectivity index (χ4n) is 1.25. The van der Waals surface area contributed by atoms with Crippen molar-refractivity contribution in [2.45, 2.75) is 11.2 Å². The Kier molecular flexibility index (Phi) is 2.42. The number of fused-ring (bicyclic) bond motifs is 1. The Hall–Kier alpha value is -0.360. The number of rotatable bonds is 0. The summed E-state index contributed by atoms with van der Waals surface area (Å²) >= 11 is 4.49. The number of halogens is 1. The SMILES string of the molecule is O=C1N=C2SCCCN2C(=O)C1Br. The van der Waals surface area contributed by atoms with Crippen LogP contribution in [0.2, 0.25) is 0 Å². The minimum absolute atomic E-state index is 0.179. The Labute approximate surface area is 87.9 Å². The van der Waals surface area contributed by atoms with Crippen molar-refractivity contribution in [2.24, 2.45) is 4.99 Å². The lowest BCUT2D eigenvalue weighted by Gasteiger charge is -2.31. The summed E-state index contributed by atoms with van der Waals surface area (Å²) in [5.74, 6) is 0.371. The molecule has 0 aliphatic carbocycles. The van der Waals surface area contributed by atoms with Crippen molar-refractivity contribution < 1.29 is 9.59 Å². The summed E-state index contributed by atoms with van der Waals surface area (Å²) in [7, 11) is 0. The first kappa shape index (κ1) is 9.21. The lowest BCUT2D eigenvalue weighted by atomic mass is 10.3. The minimum atomic E-state index is -0.769. The number of amides is 2. The molecule has 2 aliphatic rings. The van der Waals surface area contributed by atoms with E-state index in [0.717, 1.165) is 12.2 Å². The summed E-state index contributed by atoms with van der Waals surface area (Å²) < 4.78 is 0. The van der Waals surface area contributed by atoms with Crippen LogP contribution in [-0.4, -0.2) is 39.0 Å². The molecule has 0 radical (unpaired) electrons. The quantitative estimate of drug-likeness (QED) is 0.475. The number of hydrogen-bond acceptors (Lipinski definition) is 3. The third-order valence-corrected chi connectivity index (χ3v) is 3.74. The maximum Gasteiger partial charge on any atom is 0.271 e. The Balaban J connectivity index is 2.32. The van der Waals surface area contributed by atoms with Gasteiger partial charge in [-0.05, 0) is 6.42 Å². The van der Waals surface area contributed by atoms with E-state index in [1.807, 2.05) is 0 Å². The average molecular weight is 263 g/mol. The lowest BCUT2D eigenvalue weighted by Crippen LogP contribution is -2.49. The van der Waals surface area contributed by atoms with Crippen LogP contribution in [0.3, 0.4) is 0 Å². The maximum absolute atomic E-state index is 11.5. The van der Waals surface area contributed by atoms with E-state index in [-0.39, 0.29) is 11.8 Å². The highest BCUT2D eigenvalue weighted by Crippen LogP contribution is 2.24. The topological polar surface area (TPSA) is 49.7 Å². The third-order valence-electron chi connectivity index (χ3n) is 1.89. The second kappa shape index (κ2) is 3.42. The predicted octanol–water partition coefficient (Wildman–Crippen LogP) is 0.612. The molecular weight excluding hydrogens is 256 g/mol. The molecule has 4 nitrogen and oxygen atoms in total. The zero-order valence-corrected chi connectivity index (χ0v) is 9.10. The zero-order valence-electron chi connectivity index (χ0n) is 6.70. The number of thioether (sulfide) groups is 1. The van der Waals surface area contributed by atoms with Gasteiger partial charge in [-0.25, -0.2) is 0 Å². The summed E-state index contributed by atoms with van der Waals surface area (Å²) in [5, 5.41) is 0.567. The normalized spacial score (nSPS) is 28.5. The van der Waals surface area contributed by atoms with Crippen molar-refractivity contribution in [3.8, 4) is 0 Å². The van der Waals surface area contributed by atoms with Gasteiger partial charge in [0.15, 0.2) is 9.99 Å². The standard InChI is InChI=1S/C7H7BrN2O2S/c8-4-5(11)9-7-10(6(4)12)2-1-3-13-7/h4H,1-3H2. The molecule has 0 aromatic rings. The average Bonchev–Trinajstić information content (AvgIpc) is 2.15. The van der Waals surface area contributed by atoms with Crippen LogP contribution >= 0.6 is 27.7 Å². The number of alkyl halides is 1. The summed E-state index contributed by atoms with van der Waals surface area (Å²) in [4.78, 5) is 27.3. The van der Waals surface area contributed by atoms with Crippen molar-refractivity contribution in [3.05, 3.63) is 0 Å². The molecule has 0 aromatic heterocycles. The van der Waals surface area contributed by atoms with Crippen molar-refractivity contribution >= 4 is 44.7 Å². The van der Waals surface area contributed by atoms with Crippen molar-refractivity contribution in [1.82, 2.24) is 4.90 Å². The van der Waals surface area contributed by atoms with Gasteiger partial charge in [0.1, 0.15) is 0 Å². The fraction of sp³-hybridized carbons (Fsp3) is 0.571. The first-order valence-electron chi connectivity index (χ1n) is 3.91. The maximum atomic E-state index is 11.5. The van der Waals surface area contributed by atoms with Crippen molar-refractivity contribution in [2.75, 3.05) is 12.3 Å². The molecule has 0 aromatic carbocycles. The molecule has 1 fully saturated rings. The summed E-state index contributed by atoms with van der Waals surface area (Å²) in [6.45, 7) is 0.681. The monoisotopic (exact) mass is 262 g/mol. The summed E-state index contributed by atoms with van der Waals surface area (Å²) in [6, 6.07) is 0. The molecule has 1 saturated heterocycles. The highest BCUT2D eigenvalue weighted by molar-refractivity contribution is 9.10. The largest absolute Gasteiger partial charge is 0.290 e. The van der Waals surface area contributed by atoms with Gasteiger partial charge in [0.2, 0.25) is 0 Å². The third kappa shape index (κ3) is 1.52. The molecule has 13 heavy (non-hydrogen) atoms. The number of aliphatic imine (C=N–C) groups is 1. The van der Waals surface area contributed by atoms with Gasteiger partial charge >= 0.3 is 0 Å². The van der Waals surface area contributed by atoms with Gasteiger partial charge < -0.3 is 0 Å². The molecular formula is C7H7BrN2O2S. The Bertz CT molecular complexity index is 305. The van der Waals surface area contributed by atoms with Gasteiger partial charge in [0.25, 0.3) is 11.8 Å².